The fourth-order valence-corrected chi connectivity index (χ4v) is 2.65. The first-order valence-electron chi connectivity index (χ1n) is 6.55. The summed E-state index contributed by atoms with van der Waals surface area (Å²) in [6, 6.07) is 3.84. The molecule has 2 rings (SSSR count). The van der Waals surface area contributed by atoms with E-state index in [-0.39, 0.29) is 18.4 Å². The van der Waals surface area contributed by atoms with Crippen LogP contribution in [-0.2, 0) is 0 Å². The highest BCUT2D eigenvalue weighted by Crippen LogP contribution is 2.32. The number of nitrogens with one attached hydrogen (secondary N) is 1. The van der Waals surface area contributed by atoms with Crippen LogP contribution in [0.2, 0.25) is 0 Å². The predicted octanol–water partition coefficient (Wildman–Crippen LogP) is 3.42. The molecule has 0 amide bonds. The molecule has 106 valence electrons. The Morgan fingerprint density at radius 1 is 1.55 bits per heavy atom. The zero-order valence-corrected chi connectivity index (χ0v) is 12.8. The molecule has 0 aliphatic carbocycles. The van der Waals surface area contributed by atoms with E-state index >= 15 is 0 Å². The molecule has 1 atom stereocenters. The van der Waals surface area contributed by atoms with Gasteiger partial charge in [-0.2, -0.15) is 5.26 Å². The second-order valence-corrected chi connectivity index (χ2v) is 5.36. The van der Waals surface area contributed by atoms with Crippen LogP contribution in [0.3, 0.4) is 0 Å². The number of fused-ring (bicyclic) bond motifs is 1. The molecular weight excluding hydrogens is 322 g/mol. The van der Waals surface area contributed by atoms with Gasteiger partial charge in [0.25, 0.3) is 0 Å². The van der Waals surface area contributed by atoms with Crippen molar-refractivity contribution in [3.8, 4) is 6.07 Å². The van der Waals surface area contributed by atoms with Crippen molar-refractivity contribution in [2.75, 3.05) is 11.9 Å². The number of aromatic nitrogens is 1. The Hall–Kier alpha value is -1.58. The number of nitriles is 1. The van der Waals surface area contributed by atoms with E-state index in [9.17, 15) is 0 Å². The third kappa shape index (κ3) is 3.11. The average molecular weight is 338 g/mol. The summed E-state index contributed by atoms with van der Waals surface area (Å²) >= 11 is 3.50. The van der Waals surface area contributed by atoms with E-state index in [1.807, 2.05) is 6.07 Å². The first-order chi connectivity index (χ1) is 9.69. The van der Waals surface area contributed by atoms with Crippen LogP contribution in [0.15, 0.2) is 21.2 Å². The van der Waals surface area contributed by atoms with Crippen LogP contribution in [0, 0.1) is 11.3 Å². The smallest absolute Gasteiger partial charge is 0.204 e. The van der Waals surface area contributed by atoms with E-state index in [2.05, 4.69) is 33.2 Å². The molecule has 0 fully saturated rings. The molecule has 2 heterocycles. The van der Waals surface area contributed by atoms with E-state index in [1.54, 1.807) is 12.3 Å². The number of rotatable bonds is 6. The summed E-state index contributed by atoms with van der Waals surface area (Å²) in [4.78, 5) is 4.32. The second-order valence-electron chi connectivity index (χ2n) is 4.56. The Kier molecular flexibility index (Phi) is 4.99. The number of aliphatic hydroxyl groups excluding tert-OH is 1. The number of anilines is 1. The highest BCUT2D eigenvalue weighted by atomic mass is 79.9. The molecule has 2 N–H and O–H groups in total. The lowest BCUT2D eigenvalue weighted by Crippen LogP contribution is -2.21. The van der Waals surface area contributed by atoms with Gasteiger partial charge < -0.3 is 14.8 Å². The number of pyridine rings is 1. The molecule has 0 saturated heterocycles. The molecule has 6 heteroatoms. The second kappa shape index (κ2) is 6.73. The highest BCUT2D eigenvalue weighted by Gasteiger charge is 2.14. The van der Waals surface area contributed by atoms with E-state index in [0.717, 1.165) is 22.7 Å². The molecule has 0 saturated carbocycles. The maximum absolute atomic E-state index is 9.09. The summed E-state index contributed by atoms with van der Waals surface area (Å²) in [6.45, 7) is 2.24. The van der Waals surface area contributed by atoms with Crippen molar-refractivity contribution in [2.24, 2.45) is 0 Å². The third-order valence-corrected chi connectivity index (χ3v) is 3.88. The summed E-state index contributed by atoms with van der Waals surface area (Å²) in [6.07, 6.45) is 4.27. The van der Waals surface area contributed by atoms with Gasteiger partial charge in [-0.05, 0) is 28.8 Å². The van der Waals surface area contributed by atoms with Gasteiger partial charge in [-0.25, -0.2) is 4.98 Å². The van der Waals surface area contributed by atoms with Crippen molar-refractivity contribution < 1.29 is 9.52 Å². The first-order valence-corrected chi connectivity index (χ1v) is 7.34. The van der Waals surface area contributed by atoms with Crippen molar-refractivity contribution in [3.05, 3.63) is 22.5 Å². The van der Waals surface area contributed by atoms with E-state index in [0.29, 0.717) is 17.8 Å². The standard InChI is InChI=1S/C14H16BrN3O2/c1-2-3-9(4-5-19)18-14-13(15)11-6-10(7-16)20-12(11)8-17-14/h6,8-9,19H,2-5H2,1H3,(H,17,18). The molecule has 2 aromatic heterocycles. The molecule has 0 aliphatic heterocycles. The summed E-state index contributed by atoms with van der Waals surface area (Å²) in [5, 5.41) is 22.1. The van der Waals surface area contributed by atoms with Gasteiger partial charge in [0.05, 0.1) is 10.7 Å². The Balaban J connectivity index is 2.30. The Labute approximate surface area is 125 Å². The van der Waals surface area contributed by atoms with Crippen molar-refractivity contribution in [1.82, 2.24) is 4.98 Å². The SMILES string of the molecule is CCCC(CCO)Nc1ncc2oc(C#N)cc2c1Br. The van der Waals surface area contributed by atoms with Gasteiger partial charge in [0.1, 0.15) is 11.9 Å². The van der Waals surface area contributed by atoms with Gasteiger partial charge in [-0.3, -0.25) is 0 Å². The Bertz CT molecular complexity index is 627. The zero-order chi connectivity index (χ0) is 14.5. The predicted molar refractivity (Wildman–Crippen MR) is 80.4 cm³/mol. The lowest BCUT2D eigenvalue weighted by molar-refractivity contribution is 0.276. The first kappa shape index (κ1) is 14.8. The monoisotopic (exact) mass is 337 g/mol. The maximum atomic E-state index is 9.09. The van der Waals surface area contributed by atoms with Gasteiger partial charge in [0.2, 0.25) is 5.76 Å². The van der Waals surface area contributed by atoms with Gasteiger partial charge in [-0.1, -0.05) is 13.3 Å². The number of aliphatic hydroxyl groups is 1. The minimum absolute atomic E-state index is 0.141. The quantitative estimate of drug-likeness (QED) is 0.843. The molecule has 0 aliphatic rings. The number of furan rings is 1. The number of hydrogen-bond acceptors (Lipinski definition) is 5. The summed E-state index contributed by atoms with van der Waals surface area (Å²) in [7, 11) is 0. The normalized spacial score (nSPS) is 12.3. The van der Waals surface area contributed by atoms with Crippen LogP contribution < -0.4 is 5.32 Å². The summed E-state index contributed by atoms with van der Waals surface area (Å²) in [5.74, 6) is 0.967. The summed E-state index contributed by atoms with van der Waals surface area (Å²) < 4.78 is 6.11. The number of halogens is 1. The van der Waals surface area contributed by atoms with Gasteiger partial charge in [-0.15, -0.1) is 0 Å². The zero-order valence-electron chi connectivity index (χ0n) is 11.2. The fraction of sp³-hybridized carbons (Fsp3) is 0.429. The molecule has 0 spiro atoms. The number of hydrogen-bond donors (Lipinski definition) is 2. The highest BCUT2D eigenvalue weighted by molar-refractivity contribution is 9.10. The Morgan fingerprint density at radius 3 is 3.00 bits per heavy atom. The Morgan fingerprint density at radius 2 is 2.35 bits per heavy atom. The van der Waals surface area contributed by atoms with E-state index in [4.69, 9.17) is 14.8 Å². The van der Waals surface area contributed by atoms with Crippen LogP contribution >= 0.6 is 15.9 Å². The largest absolute Gasteiger partial charge is 0.444 e. The molecule has 20 heavy (non-hydrogen) atoms. The van der Waals surface area contributed by atoms with Crippen LogP contribution in [0.1, 0.15) is 31.9 Å². The molecule has 5 nitrogen and oxygen atoms in total. The van der Waals surface area contributed by atoms with E-state index in [1.165, 1.54) is 0 Å². The van der Waals surface area contributed by atoms with Crippen molar-refractivity contribution in [2.45, 2.75) is 32.2 Å². The van der Waals surface area contributed by atoms with Gasteiger partial charge in [0.15, 0.2) is 5.58 Å². The van der Waals surface area contributed by atoms with Gasteiger partial charge in [0, 0.05) is 24.1 Å². The molecule has 1 unspecified atom stereocenters. The van der Waals surface area contributed by atoms with Crippen molar-refractivity contribution in [3.63, 3.8) is 0 Å². The molecule has 0 aromatic carbocycles. The van der Waals surface area contributed by atoms with Crippen LogP contribution in [-0.4, -0.2) is 22.7 Å². The van der Waals surface area contributed by atoms with Crippen LogP contribution in [0.5, 0.6) is 0 Å². The minimum Gasteiger partial charge on any atom is -0.444 e. The molecule has 0 bridgehead atoms. The van der Waals surface area contributed by atoms with Crippen molar-refractivity contribution >= 4 is 32.7 Å². The van der Waals surface area contributed by atoms with Crippen LogP contribution in [0.25, 0.3) is 11.0 Å². The minimum atomic E-state index is 0.141. The number of nitrogens with zero attached hydrogens (tertiary/aromatic N) is 2. The molecule has 0 radical (unpaired) electrons. The third-order valence-electron chi connectivity index (χ3n) is 3.08. The maximum Gasteiger partial charge on any atom is 0.204 e. The van der Waals surface area contributed by atoms with Crippen LogP contribution in [0.4, 0.5) is 5.82 Å². The van der Waals surface area contributed by atoms with Gasteiger partial charge >= 0.3 is 0 Å². The van der Waals surface area contributed by atoms with E-state index < -0.39 is 0 Å². The molecular formula is C14H16BrN3O2. The summed E-state index contributed by atoms with van der Waals surface area (Å²) in [5.41, 5.74) is 0.577. The van der Waals surface area contributed by atoms with Crippen molar-refractivity contribution in [1.29, 1.82) is 5.26 Å². The average Bonchev–Trinajstić information content (AvgIpc) is 2.86. The lowest BCUT2D eigenvalue weighted by atomic mass is 10.1. The lowest BCUT2D eigenvalue weighted by Gasteiger charge is -2.18. The molecule has 2 aromatic rings. The topological polar surface area (TPSA) is 82.1 Å². The fourth-order valence-electron chi connectivity index (χ4n) is 2.12.